The summed E-state index contributed by atoms with van der Waals surface area (Å²) in [5, 5.41) is 12.4. The number of imidazole rings is 1. The van der Waals surface area contributed by atoms with E-state index in [0.717, 1.165) is 65.9 Å². The van der Waals surface area contributed by atoms with E-state index in [2.05, 4.69) is 39.5 Å². The fourth-order valence-corrected chi connectivity index (χ4v) is 6.13. The second-order valence-electron chi connectivity index (χ2n) is 9.58. The first-order valence-electron chi connectivity index (χ1n) is 12.8. The Labute approximate surface area is 220 Å². The Morgan fingerprint density at radius 3 is 2.54 bits per heavy atom. The molecule has 1 unspecified atom stereocenters. The van der Waals surface area contributed by atoms with Crippen molar-refractivity contribution >= 4 is 33.9 Å². The van der Waals surface area contributed by atoms with E-state index in [1.165, 1.54) is 17.7 Å². The second-order valence-corrected chi connectivity index (χ2v) is 10.4. The van der Waals surface area contributed by atoms with Crippen LogP contribution in [0.25, 0.3) is 16.9 Å². The van der Waals surface area contributed by atoms with Crippen molar-refractivity contribution in [3.05, 3.63) is 65.0 Å². The Morgan fingerprint density at radius 2 is 1.89 bits per heavy atom. The second kappa shape index (κ2) is 10.6. The van der Waals surface area contributed by atoms with Gasteiger partial charge in [-0.05, 0) is 80.6 Å². The van der Waals surface area contributed by atoms with Crippen LogP contribution in [0.1, 0.15) is 50.3 Å². The van der Waals surface area contributed by atoms with Crippen LogP contribution in [0.4, 0.5) is 15.3 Å². The number of carboxylic acid groups (broad SMARTS) is 1. The van der Waals surface area contributed by atoms with Crippen molar-refractivity contribution in [2.75, 3.05) is 25.0 Å². The number of hydrogen-bond donors (Lipinski definition) is 1. The van der Waals surface area contributed by atoms with Gasteiger partial charge in [-0.2, -0.15) is 0 Å². The molecule has 1 N–H and O–H groups in total. The molecule has 1 aliphatic heterocycles. The maximum Gasteiger partial charge on any atom is 0.320 e. The topological polar surface area (TPSA) is 74.0 Å². The van der Waals surface area contributed by atoms with E-state index in [1.807, 2.05) is 19.4 Å². The fraction of sp³-hybridized carbons (Fsp3) is 0.393. The Bertz CT molecular complexity index is 1390. The van der Waals surface area contributed by atoms with E-state index in [4.69, 9.17) is 9.97 Å². The van der Waals surface area contributed by atoms with Crippen molar-refractivity contribution in [2.45, 2.75) is 51.5 Å². The first kappa shape index (κ1) is 25.4. The van der Waals surface area contributed by atoms with Gasteiger partial charge in [0, 0.05) is 24.2 Å². The highest BCUT2D eigenvalue weighted by Gasteiger charge is 2.29. The number of pyridine rings is 1. The molecule has 194 valence electrons. The smallest absolute Gasteiger partial charge is 0.320 e. The number of halogens is 1. The summed E-state index contributed by atoms with van der Waals surface area (Å²) >= 11 is 1.55. The van der Waals surface area contributed by atoms with E-state index in [9.17, 15) is 14.3 Å². The minimum Gasteiger partial charge on any atom is -0.480 e. The molecule has 1 aromatic carbocycles. The predicted molar refractivity (Wildman–Crippen MR) is 145 cm³/mol. The molecule has 1 atom stereocenters. The van der Waals surface area contributed by atoms with Gasteiger partial charge in [-0.15, -0.1) is 11.3 Å². The molecule has 0 amide bonds. The van der Waals surface area contributed by atoms with Crippen molar-refractivity contribution < 1.29 is 14.3 Å². The van der Waals surface area contributed by atoms with Gasteiger partial charge >= 0.3 is 5.97 Å². The molecule has 9 heteroatoms. The van der Waals surface area contributed by atoms with Gasteiger partial charge in [0.15, 0.2) is 5.13 Å². The summed E-state index contributed by atoms with van der Waals surface area (Å²) < 4.78 is 15.5. The van der Waals surface area contributed by atoms with Crippen LogP contribution >= 0.6 is 11.3 Å². The van der Waals surface area contributed by atoms with Crippen LogP contribution in [0.15, 0.2) is 48.0 Å². The van der Waals surface area contributed by atoms with Gasteiger partial charge in [0.2, 0.25) is 0 Å². The molecular weight excluding hydrogens is 489 g/mol. The number of aryl methyl sites for hydroxylation is 1. The van der Waals surface area contributed by atoms with Gasteiger partial charge < -0.3 is 10.0 Å². The molecule has 0 aliphatic carbocycles. The summed E-state index contributed by atoms with van der Waals surface area (Å²) in [6, 6.07) is 10.2. The quantitative estimate of drug-likeness (QED) is 0.308. The van der Waals surface area contributed by atoms with E-state index < -0.39 is 12.0 Å². The number of anilines is 2. The molecule has 0 saturated carbocycles. The maximum absolute atomic E-state index is 13.4. The summed E-state index contributed by atoms with van der Waals surface area (Å²) in [4.78, 5) is 25.5. The largest absolute Gasteiger partial charge is 0.480 e. The summed E-state index contributed by atoms with van der Waals surface area (Å²) in [5.74, 6) is 0.379. The number of likely N-dealkylation sites (tertiary alicyclic amines) is 1. The number of carbonyl (C=O) groups is 1. The number of piperidine rings is 1. The predicted octanol–water partition coefficient (Wildman–Crippen LogP) is 5.97. The monoisotopic (exact) mass is 521 g/mol. The van der Waals surface area contributed by atoms with Crippen LogP contribution in [0.5, 0.6) is 0 Å². The van der Waals surface area contributed by atoms with Crippen LogP contribution in [-0.4, -0.2) is 56.5 Å². The third-order valence-electron chi connectivity index (χ3n) is 7.37. The Balaban J connectivity index is 1.42. The van der Waals surface area contributed by atoms with Crippen molar-refractivity contribution in [2.24, 2.45) is 0 Å². The summed E-state index contributed by atoms with van der Waals surface area (Å²) in [5.41, 5.74) is 4.84. The summed E-state index contributed by atoms with van der Waals surface area (Å²) in [7, 11) is 2.01. The highest BCUT2D eigenvalue weighted by Crippen LogP contribution is 2.35. The number of benzene rings is 1. The number of aromatic nitrogens is 3. The van der Waals surface area contributed by atoms with E-state index in [0.29, 0.717) is 12.3 Å². The SMILES string of the molecule is CCc1nc2ccc(C3CCN(C(CC)C(=O)O)CC3)cn2c1N(C)c1nc(-c2ccc(F)cc2)cs1. The van der Waals surface area contributed by atoms with Gasteiger partial charge in [-0.1, -0.05) is 19.9 Å². The number of rotatable bonds is 8. The first-order valence-corrected chi connectivity index (χ1v) is 13.7. The number of thiazole rings is 1. The minimum absolute atomic E-state index is 0.261. The zero-order valence-corrected chi connectivity index (χ0v) is 22.2. The zero-order chi connectivity index (χ0) is 26.1. The molecule has 1 fully saturated rings. The van der Waals surface area contributed by atoms with Gasteiger partial charge in [0.25, 0.3) is 0 Å². The van der Waals surface area contributed by atoms with E-state index in [-0.39, 0.29) is 5.82 Å². The first-order chi connectivity index (χ1) is 17.9. The summed E-state index contributed by atoms with van der Waals surface area (Å²) in [6.45, 7) is 5.62. The van der Waals surface area contributed by atoms with Gasteiger partial charge in [0.1, 0.15) is 23.3 Å². The molecule has 1 saturated heterocycles. The number of carboxylic acids is 1. The lowest BCUT2D eigenvalue weighted by Gasteiger charge is -2.35. The third kappa shape index (κ3) is 4.98. The number of fused-ring (bicyclic) bond motifs is 1. The minimum atomic E-state index is -0.731. The van der Waals surface area contributed by atoms with Crippen molar-refractivity contribution in [3.8, 4) is 11.3 Å². The van der Waals surface area contributed by atoms with Crippen LogP contribution in [0.3, 0.4) is 0 Å². The summed E-state index contributed by atoms with van der Waals surface area (Å²) in [6.07, 6.45) is 5.47. The van der Waals surface area contributed by atoms with Crippen LogP contribution in [0.2, 0.25) is 0 Å². The fourth-order valence-electron chi connectivity index (χ4n) is 5.33. The van der Waals surface area contributed by atoms with Crippen LogP contribution in [0, 0.1) is 5.82 Å². The molecule has 4 heterocycles. The van der Waals surface area contributed by atoms with Gasteiger partial charge in [-0.3, -0.25) is 14.1 Å². The Hall–Kier alpha value is -3.30. The van der Waals surface area contributed by atoms with Crippen molar-refractivity contribution in [1.29, 1.82) is 0 Å². The van der Waals surface area contributed by atoms with Crippen molar-refractivity contribution in [1.82, 2.24) is 19.3 Å². The lowest BCUT2D eigenvalue weighted by atomic mass is 9.89. The molecule has 5 rings (SSSR count). The molecule has 0 bridgehead atoms. The standard InChI is InChI=1S/C28H32FN5O2S/c1-4-22-26(32(3)28-31-23(17-37-28)19-6-9-21(29)10-7-19)34-16-20(8-11-25(34)30-22)18-12-14-33(15-13-18)24(5-2)27(35)36/h6-11,16-18,24H,4-5,12-15H2,1-3H3,(H,35,36). The normalized spacial score (nSPS) is 15.8. The lowest BCUT2D eigenvalue weighted by Crippen LogP contribution is -2.45. The number of nitrogens with zero attached hydrogens (tertiary/aromatic N) is 5. The van der Waals surface area contributed by atoms with E-state index in [1.54, 1.807) is 23.5 Å². The number of hydrogen-bond acceptors (Lipinski definition) is 6. The molecule has 1 aliphatic rings. The third-order valence-corrected chi connectivity index (χ3v) is 8.29. The molecule has 4 aromatic rings. The van der Waals surface area contributed by atoms with Gasteiger partial charge in [0.05, 0.1) is 11.4 Å². The maximum atomic E-state index is 13.4. The van der Waals surface area contributed by atoms with E-state index >= 15 is 0 Å². The molecular formula is C28H32FN5O2S. The average molecular weight is 522 g/mol. The molecule has 37 heavy (non-hydrogen) atoms. The van der Waals surface area contributed by atoms with Crippen LogP contribution < -0.4 is 4.90 Å². The lowest BCUT2D eigenvalue weighted by molar-refractivity contribution is -0.143. The van der Waals surface area contributed by atoms with Crippen molar-refractivity contribution in [3.63, 3.8) is 0 Å². The highest BCUT2D eigenvalue weighted by molar-refractivity contribution is 7.14. The van der Waals surface area contributed by atoms with Crippen LogP contribution in [-0.2, 0) is 11.2 Å². The Kier molecular flexibility index (Phi) is 7.26. The number of aliphatic carboxylic acids is 1. The molecule has 3 aromatic heterocycles. The molecule has 0 radical (unpaired) electrons. The Morgan fingerprint density at radius 1 is 1.16 bits per heavy atom. The molecule has 7 nitrogen and oxygen atoms in total. The molecule has 0 spiro atoms. The zero-order valence-electron chi connectivity index (χ0n) is 21.4. The van der Waals surface area contributed by atoms with Gasteiger partial charge in [-0.25, -0.2) is 14.4 Å². The highest BCUT2D eigenvalue weighted by atomic mass is 32.1. The average Bonchev–Trinajstić information content (AvgIpc) is 3.54.